The van der Waals surface area contributed by atoms with E-state index in [-0.39, 0.29) is 11.8 Å². The van der Waals surface area contributed by atoms with E-state index in [1.807, 2.05) is 0 Å². The molecule has 0 aromatic carbocycles. The van der Waals surface area contributed by atoms with Crippen LogP contribution in [0.2, 0.25) is 0 Å². The molecule has 0 unspecified atom stereocenters. The lowest BCUT2D eigenvalue weighted by atomic mass is 9.96. The van der Waals surface area contributed by atoms with Crippen LogP contribution in [0.4, 0.5) is 0 Å². The van der Waals surface area contributed by atoms with E-state index in [1.54, 1.807) is 5.48 Å². The van der Waals surface area contributed by atoms with Gasteiger partial charge in [-0.25, -0.2) is 5.48 Å². The normalized spacial score (nSPS) is 25.9. The highest BCUT2D eigenvalue weighted by molar-refractivity contribution is 5.77. The standard InChI is InChI=1S/C9H16N2O2/c12-9(10-13)7-3-5-11(6-4-7)8-1-2-8/h7-8,13H,1-6H2,(H,10,12). The van der Waals surface area contributed by atoms with Crippen LogP contribution in [0.3, 0.4) is 0 Å². The smallest absolute Gasteiger partial charge is 0.246 e. The molecule has 2 rings (SSSR count). The number of hydroxylamine groups is 1. The molecule has 0 atom stereocenters. The van der Waals surface area contributed by atoms with Gasteiger partial charge in [0.25, 0.3) is 0 Å². The average molecular weight is 184 g/mol. The summed E-state index contributed by atoms with van der Waals surface area (Å²) in [6, 6.07) is 0.804. The molecule has 0 aromatic heterocycles. The fourth-order valence-electron chi connectivity index (χ4n) is 2.06. The molecule has 1 aliphatic heterocycles. The molecule has 1 aliphatic carbocycles. The second kappa shape index (κ2) is 3.64. The summed E-state index contributed by atoms with van der Waals surface area (Å²) in [6.45, 7) is 2.03. The van der Waals surface area contributed by atoms with Gasteiger partial charge in [-0.2, -0.15) is 0 Å². The molecule has 2 aliphatic rings. The highest BCUT2D eigenvalue weighted by atomic mass is 16.5. The van der Waals surface area contributed by atoms with E-state index in [1.165, 1.54) is 12.8 Å². The summed E-state index contributed by atoms with van der Waals surface area (Å²) in [5, 5.41) is 8.46. The van der Waals surface area contributed by atoms with Crippen molar-refractivity contribution in [3.05, 3.63) is 0 Å². The highest BCUT2D eigenvalue weighted by Crippen LogP contribution is 2.30. The Labute approximate surface area is 77.9 Å². The molecule has 4 nitrogen and oxygen atoms in total. The first-order valence-electron chi connectivity index (χ1n) is 4.99. The number of nitrogens with zero attached hydrogens (tertiary/aromatic N) is 1. The first-order chi connectivity index (χ1) is 6.31. The Morgan fingerprint density at radius 3 is 2.31 bits per heavy atom. The predicted octanol–water partition coefficient (Wildman–Crippen LogP) is 0.366. The van der Waals surface area contributed by atoms with Gasteiger partial charge in [0.15, 0.2) is 0 Å². The summed E-state index contributed by atoms with van der Waals surface area (Å²) in [5.74, 6) is -0.185. The lowest BCUT2D eigenvalue weighted by molar-refractivity contribution is -0.134. The first-order valence-corrected chi connectivity index (χ1v) is 4.99. The van der Waals surface area contributed by atoms with Gasteiger partial charge in [0.2, 0.25) is 5.91 Å². The Hall–Kier alpha value is -0.610. The zero-order chi connectivity index (χ0) is 9.26. The SMILES string of the molecule is O=C(NO)C1CCN(C2CC2)CC1. The third-order valence-electron chi connectivity index (χ3n) is 3.07. The lowest BCUT2D eigenvalue weighted by Crippen LogP contribution is -2.40. The second-order valence-corrected chi connectivity index (χ2v) is 4.02. The Morgan fingerprint density at radius 1 is 1.23 bits per heavy atom. The van der Waals surface area contributed by atoms with Crippen molar-refractivity contribution in [2.24, 2.45) is 5.92 Å². The summed E-state index contributed by atoms with van der Waals surface area (Å²) in [6.07, 6.45) is 4.44. The minimum Gasteiger partial charge on any atom is -0.300 e. The largest absolute Gasteiger partial charge is 0.300 e. The minimum absolute atomic E-state index is 0.0278. The number of hydrogen-bond acceptors (Lipinski definition) is 3. The van der Waals surface area contributed by atoms with Crippen LogP contribution in [-0.2, 0) is 4.79 Å². The summed E-state index contributed by atoms with van der Waals surface area (Å²) >= 11 is 0. The molecule has 74 valence electrons. The van der Waals surface area contributed by atoms with E-state index in [2.05, 4.69) is 4.90 Å². The molecular formula is C9H16N2O2. The van der Waals surface area contributed by atoms with Crippen LogP contribution in [0.25, 0.3) is 0 Å². The third kappa shape index (κ3) is 2.00. The maximum Gasteiger partial charge on any atom is 0.246 e. The molecule has 0 radical (unpaired) electrons. The maximum atomic E-state index is 11.1. The summed E-state index contributed by atoms with van der Waals surface area (Å²) < 4.78 is 0. The second-order valence-electron chi connectivity index (χ2n) is 4.02. The topological polar surface area (TPSA) is 52.6 Å². The molecular weight excluding hydrogens is 168 g/mol. The fourth-order valence-corrected chi connectivity index (χ4v) is 2.06. The van der Waals surface area contributed by atoms with Crippen molar-refractivity contribution < 1.29 is 10.0 Å². The van der Waals surface area contributed by atoms with Gasteiger partial charge >= 0.3 is 0 Å². The summed E-state index contributed by atoms with van der Waals surface area (Å²) in [7, 11) is 0. The molecule has 4 heteroatoms. The number of rotatable bonds is 2. The van der Waals surface area contributed by atoms with Gasteiger partial charge in [-0.15, -0.1) is 0 Å². The van der Waals surface area contributed by atoms with Crippen molar-refractivity contribution in [3.8, 4) is 0 Å². The van der Waals surface area contributed by atoms with Crippen molar-refractivity contribution in [1.82, 2.24) is 10.4 Å². The Bertz CT molecular complexity index is 196. The van der Waals surface area contributed by atoms with Crippen LogP contribution in [0.1, 0.15) is 25.7 Å². The first kappa shape index (κ1) is 8.97. The monoisotopic (exact) mass is 184 g/mol. The van der Waals surface area contributed by atoms with Gasteiger partial charge in [-0.1, -0.05) is 0 Å². The molecule has 1 amide bonds. The maximum absolute atomic E-state index is 11.1. The van der Waals surface area contributed by atoms with Crippen LogP contribution in [0, 0.1) is 5.92 Å². The molecule has 0 aromatic rings. The number of carbonyl (C=O) groups excluding carboxylic acids is 1. The molecule has 13 heavy (non-hydrogen) atoms. The van der Waals surface area contributed by atoms with Crippen LogP contribution in [0.15, 0.2) is 0 Å². The molecule has 1 saturated carbocycles. The van der Waals surface area contributed by atoms with E-state index < -0.39 is 0 Å². The quantitative estimate of drug-likeness (QED) is 0.481. The minimum atomic E-state index is -0.213. The lowest BCUT2D eigenvalue weighted by Gasteiger charge is -2.30. The van der Waals surface area contributed by atoms with Gasteiger partial charge in [0.05, 0.1) is 0 Å². The van der Waals surface area contributed by atoms with E-state index in [9.17, 15) is 4.79 Å². The van der Waals surface area contributed by atoms with Crippen LogP contribution >= 0.6 is 0 Å². The van der Waals surface area contributed by atoms with Gasteiger partial charge in [-0.3, -0.25) is 10.0 Å². The van der Waals surface area contributed by atoms with Crippen molar-refractivity contribution in [1.29, 1.82) is 0 Å². The number of amides is 1. The van der Waals surface area contributed by atoms with E-state index in [4.69, 9.17) is 5.21 Å². The van der Waals surface area contributed by atoms with E-state index >= 15 is 0 Å². The van der Waals surface area contributed by atoms with Gasteiger partial charge in [-0.05, 0) is 38.8 Å². The van der Waals surface area contributed by atoms with Crippen molar-refractivity contribution >= 4 is 5.91 Å². The van der Waals surface area contributed by atoms with Crippen LogP contribution < -0.4 is 5.48 Å². The molecule has 0 spiro atoms. The fraction of sp³-hybridized carbons (Fsp3) is 0.889. The number of likely N-dealkylation sites (tertiary alicyclic amines) is 1. The summed E-state index contributed by atoms with van der Waals surface area (Å²) in [4.78, 5) is 13.5. The molecule has 1 saturated heterocycles. The zero-order valence-electron chi connectivity index (χ0n) is 7.70. The van der Waals surface area contributed by atoms with Crippen molar-refractivity contribution in [3.63, 3.8) is 0 Å². The molecule has 2 N–H and O–H groups in total. The van der Waals surface area contributed by atoms with Gasteiger partial charge < -0.3 is 4.90 Å². The van der Waals surface area contributed by atoms with Crippen molar-refractivity contribution in [2.75, 3.05) is 13.1 Å². The molecule has 2 fully saturated rings. The number of piperidine rings is 1. The van der Waals surface area contributed by atoms with Gasteiger partial charge in [0, 0.05) is 12.0 Å². The average Bonchev–Trinajstić information content (AvgIpc) is 3.00. The van der Waals surface area contributed by atoms with Crippen molar-refractivity contribution in [2.45, 2.75) is 31.7 Å². The Morgan fingerprint density at radius 2 is 1.85 bits per heavy atom. The number of nitrogens with one attached hydrogen (secondary N) is 1. The van der Waals surface area contributed by atoms with E-state index in [0.29, 0.717) is 0 Å². The van der Waals surface area contributed by atoms with Crippen LogP contribution in [0.5, 0.6) is 0 Å². The third-order valence-corrected chi connectivity index (χ3v) is 3.07. The highest BCUT2D eigenvalue weighted by Gasteiger charge is 2.33. The van der Waals surface area contributed by atoms with Crippen LogP contribution in [-0.4, -0.2) is 35.1 Å². The number of carbonyl (C=O) groups is 1. The van der Waals surface area contributed by atoms with Gasteiger partial charge in [0.1, 0.15) is 0 Å². The molecule has 0 bridgehead atoms. The Kier molecular flexibility index (Phi) is 2.51. The number of hydrogen-bond donors (Lipinski definition) is 2. The Balaban J connectivity index is 1.78. The van der Waals surface area contributed by atoms with E-state index in [0.717, 1.165) is 32.0 Å². The predicted molar refractivity (Wildman–Crippen MR) is 47.2 cm³/mol. The summed E-state index contributed by atoms with van der Waals surface area (Å²) in [5.41, 5.74) is 1.74. The molecule has 1 heterocycles. The zero-order valence-corrected chi connectivity index (χ0v) is 7.70.